The lowest BCUT2D eigenvalue weighted by molar-refractivity contribution is 0.0941. The summed E-state index contributed by atoms with van der Waals surface area (Å²) in [5.74, 6) is -0.195. The highest BCUT2D eigenvalue weighted by Gasteiger charge is 2.16. The number of aliphatic hydroxyl groups is 1. The first-order valence-electron chi connectivity index (χ1n) is 6.40. The molecule has 0 amide bonds. The highest BCUT2D eigenvalue weighted by molar-refractivity contribution is 6.05. The summed E-state index contributed by atoms with van der Waals surface area (Å²) in [6.45, 7) is 3.75. The smallest absolute Gasteiger partial charge is 0.166 e. The molecule has 19 heavy (non-hydrogen) atoms. The van der Waals surface area contributed by atoms with Crippen molar-refractivity contribution in [2.24, 2.45) is 5.92 Å². The van der Waals surface area contributed by atoms with E-state index < -0.39 is 0 Å². The summed E-state index contributed by atoms with van der Waals surface area (Å²) in [6, 6.07) is 9.17. The highest BCUT2D eigenvalue weighted by Crippen LogP contribution is 2.31. The fourth-order valence-corrected chi connectivity index (χ4v) is 2.22. The Labute approximate surface area is 112 Å². The van der Waals surface area contributed by atoms with E-state index in [0.29, 0.717) is 10.9 Å². The van der Waals surface area contributed by atoms with Crippen molar-refractivity contribution in [3.05, 3.63) is 41.5 Å². The summed E-state index contributed by atoms with van der Waals surface area (Å²) in [7, 11) is 0. The molecule has 0 saturated carbocycles. The van der Waals surface area contributed by atoms with Gasteiger partial charge in [-0.05, 0) is 29.9 Å². The number of phenolic OH excluding ortho intramolecular Hbond substituents is 1. The first-order chi connectivity index (χ1) is 9.04. The van der Waals surface area contributed by atoms with E-state index in [-0.39, 0.29) is 30.5 Å². The van der Waals surface area contributed by atoms with Crippen molar-refractivity contribution in [1.82, 2.24) is 0 Å². The van der Waals surface area contributed by atoms with Gasteiger partial charge >= 0.3 is 0 Å². The molecule has 0 saturated heterocycles. The third-order valence-electron chi connectivity index (χ3n) is 3.40. The van der Waals surface area contributed by atoms with Gasteiger partial charge in [0.1, 0.15) is 5.75 Å². The lowest BCUT2D eigenvalue weighted by Crippen LogP contribution is -2.09. The molecule has 1 unspecified atom stereocenters. The van der Waals surface area contributed by atoms with Crippen LogP contribution in [0.1, 0.15) is 29.3 Å². The molecular weight excluding hydrogens is 240 g/mol. The van der Waals surface area contributed by atoms with Crippen LogP contribution in [0.2, 0.25) is 0 Å². The fraction of sp³-hybridized carbons (Fsp3) is 0.312. The number of fused-ring (bicyclic) bond motifs is 1. The Morgan fingerprint density at radius 3 is 2.63 bits per heavy atom. The molecule has 1 atom stereocenters. The molecule has 100 valence electrons. The van der Waals surface area contributed by atoms with Crippen molar-refractivity contribution < 1.29 is 15.0 Å². The van der Waals surface area contributed by atoms with Crippen LogP contribution in [0.4, 0.5) is 0 Å². The molecule has 2 aromatic rings. The number of carbonyl (C=O) groups excluding carboxylic acids is 1. The monoisotopic (exact) mass is 258 g/mol. The summed E-state index contributed by atoms with van der Waals surface area (Å²) in [6.07, 6.45) is 0.237. The number of aromatic hydroxyl groups is 1. The zero-order valence-electron chi connectivity index (χ0n) is 11.2. The summed E-state index contributed by atoms with van der Waals surface area (Å²) in [4.78, 5) is 12.1. The molecule has 3 heteroatoms. The normalized spacial score (nSPS) is 12.6. The van der Waals surface area contributed by atoms with E-state index in [1.807, 2.05) is 31.2 Å². The third-order valence-corrected chi connectivity index (χ3v) is 3.40. The number of aliphatic hydroxyl groups excluding tert-OH is 1. The number of aryl methyl sites for hydroxylation is 1. The van der Waals surface area contributed by atoms with Crippen LogP contribution < -0.4 is 0 Å². The van der Waals surface area contributed by atoms with Gasteiger partial charge in [-0.15, -0.1) is 0 Å². The molecule has 0 heterocycles. The fourth-order valence-electron chi connectivity index (χ4n) is 2.22. The van der Waals surface area contributed by atoms with Crippen molar-refractivity contribution in [2.45, 2.75) is 20.3 Å². The molecule has 2 rings (SSSR count). The quantitative estimate of drug-likeness (QED) is 0.829. The molecule has 0 aliphatic carbocycles. The Hall–Kier alpha value is -1.87. The van der Waals surface area contributed by atoms with E-state index in [1.54, 1.807) is 13.0 Å². The highest BCUT2D eigenvalue weighted by atomic mass is 16.3. The lowest BCUT2D eigenvalue weighted by atomic mass is 9.95. The number of rotatable bonds is 4. The number of ketones is 1. The van der Waals surface area contributed by atoms with Gasteiger partial charge in [-0.3, -0.25) is 4.79 Å². The standard InChI is InChI=1S/C16H18O3/c1-10(9-17)8-15(18)14-7-6-12-11(2)4-3-5-13(12)16(14)19/h3-7,10,17,19H,8-9H2,1-2H3. The van der Waals surface area contributed by atoms with Gasteiger partial charge in [0, 0.05) is 18.4 Å². The van der Waals surface area contributed by atoms with Crippen LogP contribution in [0.15, 0.2) is 30.3 Å². The van der Waals surface area contributed by atoms with Crippen LogP contribution >= 0.6 is 0 Å². The summed E-state index contributed by atoms with van der Waals surface area (Å²) >= 11 is 0. The van der Waals surface area contributed by atoms with E-state index in [4.69, 9.17) is 5.11 Å². The number of Topliss-reactive ketones (excluding diaryl/α,β-unsaturated/α-hetero) is 1. The van der Waals surface area contributed by atoms with E-state index in [1.165, 1.54) is 0 Å². The third kappa shape index (κ3) is 2.61. The van der Waals surface area contributed by atoms with Gasteiger partial charge < -0.3 is 10.2 Å². The van der Waals surface area contributed by atoms with Crippen molar-refractivity contribution in [3.63, 3.8) is 0 Å². The maximum Gasteiger partial charge on any atom is 0.166 e. The van der Waals surface area contributed by atoms with Crippen molar-refractivity contribution >= 4 is 16.6 Å². The number of hydrogen-bond donors (Lipinski definition) is 2. The Balaban J connectivity index is 2.46. The second-order valence-corrected chi connectivity index (χ2v) is 5.05. The average Bonchev–Trinajstić information content (AvgIpc) is 2.39. The van der Waals surface area contributed by atoms with Gasteiger partial charge in [0.15, 0.2) is 5.78 Å². The molecule has 0 aliphatic heterocycles. The molecule has 0 fully saturated rings. The van der Waals surface area contributed by atoms with Crippen molar-refractivity contribution in [3.8, 4) is 5.75 Å². The van der Waals surface area contributed by atoms with Crippen molar-refractivity contribution in [2.75, 3.05) is 6.61 Å². The van der Waals surface area contributed by atoms with Crippen LogP contribution in [0, 0.1) is 12.8 Å². The Bertz CT molecular complexity index is 617. The van der Waals surface area contributed by atoms with Gasteiger partial charge in [-0.25, -0.2) is 0 Å². The maximum atomic E-state index is 12.1. The summed E-state index contributed by atoms with van der Waals surface area (Å²) in [5.41, 5.74) is 1.40. The van der Waals surface area contributed by atoms with Gasteiger partial charge in [0.05, 0.1) is 5.56 Å². The molecule has 2 N–H and O–H groups in total. The summed E-state index contributed by atoms with van der Waals surface area (Å²) in [5, 5.41) is 20.9. The van der Waals surface area contributed by atoms with Crippen LogP contribution in [-0.2, 0) is 0 Å². The summed E-state index contributed by atoms with van der Waals surface area (Å²) < 4.78 is 0. The maximum absolute atomic E-state index is 12.1. The van der Waals surface area contributed by atoms with Crippen LogP contribution in [0.5, 0.6) is 5.75 Å². The zero-order valence-corrected chi connectivity index (χ0v) is 11.2. The number of hydrogen-bond acceptors (Lipinski definition) is 3. The SMILES string of the molecule is Cc1cccc2c(O)c(C(=O)CC(C)CO)ccc12. The van der Waals surface area contributed by atoms with E-state index >= 15 is 0 Å². The molecule has 0 radical (unpaired) electrons. The van der Waals surface area contributed by atoms with E-state index in [9.17, 15) is 9.90 Å². The second-order valence-electron chi connectivity index (χ2n) is 5.05. The Kier molecular flexibility index (Phi) is 3.86. The van der Waals surface area contributed by atoms with Crippen LogP contribution in [0.3, 0.4) is 0 Å². The zero-order chi connectivity index (χ0) is 14.0. The minimum absolute atomic E-state index is 0.0286. The Morgan fingerprint density at radius 2 is 1.95 bits per heavy atom. The second kappa shape index (κ2) is 5.41. The minimum atomic E-state index is -0.137. The van der Waals surface area contributed by atoms with E-state index in [0.717, 1.165) is 10.9 Å². The molecule has 0 bridgehead atoms. The van der Waals surface area contributed by atoms with Crippen LogP contribution in [-0.4, -0.2) is 22.6 Å². The predicted octanol–water partition coefficient (Wildman–Crippen LogP) is 3.06. The number of carbonyl (C=O) groups is 1. The first kappa shape index (κ1) is 13.6. The van der Waals surface area contributed by atoms with Crippen molar-refractivity contribution in [1.29, 1.82) is 0 Å². The van der Waals surface area contributed by atoms with Crippen LogP contribution in [0.25, 0.3) is 10.8 Å². The largest absolute Gasteiger partial charge is 0.507 e. The lowest BCUT2D eigenvalue weighted by Gasteiger charge is -2.11. The first-order valence-corrected chi connectivity index (χ1v) is 6.40. The molecule has 0 spiro atoms. The number of benzene rings is 2. The minimum Gasteiger partial charge on any atom is -0.507 e. The van der Waals surface area contributed by atoms with Gasteiger partial charge in [0.2, 0.25) is 0 Å². The van der Waals surface area contributed by atoms with Gasteiger partial charge in [0.25, 0.3) is 0 Å². The molecule has 2 aromatic carbocycles. The van der Waals surface area contributed by atoms with Gasteiger partial charge in [-0.2, -0.15) is 0 Å². The molecule has 0 aromatic heterocycles. The number of phenols is 1. The average molecular weight is 258 g/mol. The topological polar surface area (TPSA) is 57.5 Å². The molecule has 0 aliphatic rings. The van der Waals surface area contributed by atoms with E-state index in [2.05, 4.69) is 0 Å². The molecule has 3 nitrogen and oxygen atoms in total. The predicted molar refractivity (Wildman–Crippen MR) is 75.5 cm³/mol. The Morgan fingerprint density at radius 1 is 1.21 bits per heavy atom. The van der Waals surface area contributed by atoms with Gasteiger partial charge in [-0.1, -0.05) is 31.2 Å². The molecular formula is C16H18O3.